The molecule has 0 saturated heterocycles. The number of aromatic hydroxyl groups is 1. The molecule has 1 rings (SSSR count). The predicted octanol–water partition coefficient (Wildman–Crippen LogP) is 0.297. The average Bonchev–Trinajstić information content (AvgIpc) is 2.16. The number of hydrogen-bond donors (Lipinski definition) is 3. The number of nitrogens with two attached hydrogens (primary N) is 2. The highest BCUT2D eigenvalue weighted by Gasteiger charge is 2.08. The Morgan fingerprint density at radius 1 is 1.43 bits per heavy atom. The van der Waals surface area contributed by atoms with E-state index in [4.69, 9.17) is 16.6 Å². The van der Waals surface area contributed by atoms with Crippen molar-refractivity contribution in [3.8, 4) is 5.75 Å². The minimum absolute atomic E-state index is 0.216. The third kappa shape index (κ3) is 3.27. The number of phenolic OH excluding ortho intramolecular Hbond substituents is 1. The Kier molecular flexibility index (Phi) is 3.79. The zero-order valence-electron chi connectivity index (χ0n) is 7.51. The van der Waals surface area contributed by atoms with E-state index in [2.05, 4.69) is 0 Å². The van der Waals surface area contributed by atoms with Crippen LogP contribution in [0.25, 0.3) is 0 Å². The minimum atomic E-state index is -0.631. The Balaban J connectivity index is 2.46. The molecular weight excluding hydrogens is 200 g/mol. The van der Waals surface area contributed by atoms with E-state index in [9.17, 15) is 4.79 Å². The molecule has 0 aliphatic heterocycles. The smallest absolute Gasteiger partial charge is 0.235 e. The van der Waals surface area contributed by atoms with Gasteiger partial charge in [-0.3, -0.25) is 4.79 Å². The van der Waals surface area contributed by atoms with Crippen molar-refractivity contribution in [2.24, 2.45) is 11.5 Å². The van der Waals surface area contributed by atoms with Crippen molar-refractivity contribution >= 4 is 17.7 Å². The molecule has 0 aliphatic carbocycles. The summed E-state index contributed by atoms with van der Waals surface area (Å²) in [5, 5.41) is 9.01. The highest BCUT2D eigenvalue weighted by molar-refractivity contribution is 7.99. The number of phenols is 1. The van der Waals surface area contributed by atoms with Crippen LogP contribution in [-0.2, 0) is 4.79 Å². The molecule has 1 aromatic rings. The maximum atomic E-state index is 10.6. The van der Waals surface area contributed by atoms with Crippen molar-refractivity contribution in [2.45, 2.75) is 10.9 Å². The monoisotopic (exact) mass is 212 g/mol. The quantitative estimate of drug-likeness (QED) is 0.626. The molecule has 0 fully saturated rings. The lowest BCUT2D eigenvalue weighted by Crippen LogP contribution is -2.38. The fourth-order valence-electron chi connectivity index (χ4n) is 0.811. The molecule has 4 nitrogen and oxygen atoms in total. The number of benzene rings is 1. The summed E-state index contributed by atoms with van der Waals surface area (Å²) in [6.07, 6.45) is 0. The van der Waals surface area contributed by atoms with E-state index in [-0.39, 0.29) is 5.75 Å². The molecular formula is C9H12N2O2S. The van der Waals surface area contributed by atoms with Gasteiger partial charge in [-0.1, -0.05) is 0 Å². The Bertz CT molecular complexity index is 313. The summed E-state index contributed by atoms with van der Waals surface area (Å²) in [7, 11) is 0. The Labute approximate surface area is 86.3 Å². The van der Waals surface area contributed by atoms with E-state index in [0.29, 0.717) is 5.75 Å². The maximum absolute atomic E-state index is 10.6. The maximum Gasteiger partial charge on any atom is 0.235 e. The number of primary amides is 1. The van der Waals surface area contributed by atoms with Gasteiger partial charge in [0.1, 0.15) is 5.75 Å². The number of hydrogen-bond acceptors (Lipinski definition) is 4. The third-order valence-corrected chi connectivity index (χ3v) is 2.76. The van der Waals surface area contributed by atoms with Crippen molar-refractivity contribution in [2.75, 3.05) is 5.75 Å². The molecule has 0 bridgehead atoms. The zero-order valence-corrected chi connectivity index (χ0v) is 8.33. The normalized spacial score (nSPS) is 12.4. The third-order valence-electron chi connectivity index (χ3n) is 1.63. The molecule has 1 unspecified atom stereocenters. The standard InChI is InChI=1S/C9H12N2O2S/c10-8(9(11)13)5-14-7-3-1-6(12)2-4-7/h1-4,8,12H,5,10H2,(H2,11,13). The van der Waals surface area contributed by atoms with Crippen molar-refractivity contribution < 1.29 is 9.90 Å². The molecule has 76 valence electrons. The largest absolute Gasteiger partial charge is 0.508 e. The number of carbonyl (C=O) groups excluding carboxylic acids is 1. The van der Waals surface area contributed by atoms with Crippen LogP contribution in [0.15, 0.2) is 29.2 Å². The van der Waals surface area contributed by atoms with E-state index in [1.54, 1.807) is 24.3 Å². The molecule has 5 N–H and O–H groups in total. The van der Waals surface area contributed by atoms with Crippen LogP contribution >= 0.6 is 11.8 Å². The Hall–Kier alpha value is -1.20. The van der Waals surface area contributed by atoms with Crippen LogP contribution in [0.5, 0.6) is 5.75 Å². The second-order valence-electron chi connectivity index (χ2n) is 2.81. The zero-order chi connectivity index (χ0) is 10.6. The fraction of sp³-hybridized carbons (Fsp3) is 0.222. The van der Waals surface area contributed by atoms with Gasteiger partial charge < -0.3 is 16.6 Å². The van der Waals surface area contributed by atoms with Gasteiger partial charge in [0.05, 0.1) is 6.04 Å². The van der Waals surface area contributed by atoms with Crippen LogP contribution in [0.2, 0.25) is 0 Å². The van der Waals surface area contributed by atoms with Crippen molar-refractivity contribution in [1.29, 1.82) is 0 Å². The van der Waals surface area contributed by atoms with Gasteiger partial charge in [0.25, 0.3) is 0 Å². The summed E-state index contributed by atoms with van der Waals surface area (Å²) >= 11 is 1.43. The first kappa shape index (κ1) is 10.9. The second-order valence-corrected chi connectivity index (χ2v) is 3.91. The van der Waals surface area contributed by atoms with Crippen molar-refractivity contribution in [3.05, 3.63) is 24.3 Å². The van der Waals surface area contributed by atoms with Crippen molar-refractivity contribution in [1.82, 2.24) is 0 Å². The Morgan fingerprint density at radius 2 is 2.00 bits per heavy atom. The molecule has 0 spiro atoms. The fourth-order valence-corrected chi connectivity index (χ4v) is 1.68. The van der Waals surface area contributed by atoms with Crippen LogP contribution in [0.4, 0.5) is 0 Å². The predicted molar refractivity (Wildman–Crippen MR) is 56.0 cm³/mol. The van der Waals surface area contributed by atoms with Gasteiger partial charge in [-0.05, 0) is 24.3 Å². The number of carbonyl (C=O) groups is 1. The molecule has 14 heavy (non-hydrogen) atoms. The number of rotatable bonds is 4. The van der Waals surface area contributed by atoms with Gasteiger partial charge in [-0.25, -0.2) is 0 Å². The first-order chi connectivity index (χ1) is 6.59. The average molecular weight is 212 g/mol. The molecule has 0 aromatic heterocycles. The van der Waals surface area contributed by atoms with Crippen LogP contribution in [0, 0.1) is 0 Å². The summed E-state index contributed by atoms with van der Waals surface area (Å²) in [5.41, 5.74) is 10.5. The van der Waals surface area contributed by atoms with Crippen LogP contribution in [0.3, 0.4) is 0 Å². The SMILES string of the molecule is NC(=O)C(N)CSc1ccc(O)cc1. The number of amides is 1. The minimum Gasteiger partial charge on any atom is -0.508 e. The molecule has 0 aliphatic rings. The molecule has 0 radical (unpaired) electrons. The summed E-state index contributed by atoms with van der Waals surface area (Å²) in [4.78, 5) is 11.6. The highest BCUT2D eigenvalue weighted by atomic mass is 32.2. The van der Waals surface area contributed by atoms with Crippen LogP contribution in [-0.4, -0.2) is 22.8 Å². The number of thioether (sulfide) groups is 1. The molecule has 0 saturated carbocycles. The van der Waals surface area contributed by atoms with Gasteiger partial charge >= 0.3 is 0 Å². The highest BCUT2D eigenvalue weighted by Crippen LogP contribution is 2.20. The van der Waals surface area contributed by atoms with Crippen LogP contribution < -0.4 is 11.5 Å². The van der Waals surface area contributed by atoms with Gasteiger partial charge in [-0.15, -0.1) is 11.8 Å². The summed E-state index contributed by atoms with van der Waals surface area (Å²) in [6, 6.07) is 6.05. The second kappa shape index (κ2) is 4.88. The molecule has 1 atom stereocenters. The van der Waals surface area contributed by atoms with E-state index in [1.807, 2.05) is 0 Å². The van der Waals surface area contributed by atoms with E-state index >= 15 is 0 Å². The molecule has 1 amide bonds. The summed E-state index contributed by atoms with van der Waals surface area (Å²) in [5.74, 6) is 0.157. The summed E-state index contributed by atoms with van der Waals surface area (Å²) in [6.45, 7) is 0. The van der Waals surface area contributed by atoms with Gasteiger partial charge in [-0.2, -0.15) is 0 Å². The first-order valence-corrected chi connectivity index (χ1v) is 5.05. The van der Waals surface area contributed by atoms with E-state index in [1.165, 1.54) is 11.8 Å². The van der Waals surface area contributed by atoms with E-state index < -0.39 is 11.9 Å². The lowest BCUT2D eigenvalue weighted by molar-refractivity contribution is -0.118. The summed E-state index contributed by atoms with van der Waals surface area (Å²) < 4.78 is 0. The molecule has 1 aromatic carbocycles. The lowest BCUT2D eigenvalue weighted by atomic mass is 10.3. The first-order valence-electron chi connectivity index (χ1n) is 4.06. The van der Waals surface area contributed by atoms with Crippen LogP contribution in [0.1, 0.15) is 0 Å². The molecule has 5 heteroatoms. The van der Waals surface area contributed by atoms with Gasteiger partial charge in [0.15, 0.2) is 0 Å². The Morgan fingerprint density at radius 3 is 2.50 bits per heavy atom. The van der Waals surface area contributed by atoms with Crippen molar-refractivity contribution in [3.63, 3.8) is 0 Å². The molecule has 0 heterocycles. The lowest BCUT2D eigenvalue weighted by Gasteiger charge is -2.06. The van der Waals surface area contributed by atoms with E-state index in [0.717, 1.165) is 4.90 Å². The van der Waals surface area contributed by atoms with Gasteiger partial charge in [0.2, 0.25) is 5.91 Å². The topological polar surface area (TPSA) is 89.3 Å². The van der Waals surface area contributed by atoms with Gasteiger partial charge in [0, 0.05) is 10.6 Å².